The van der Waals surface area contributed by atoms with Gasteiger partial charge in [0.15, 0.2) is 0 Å². The minimum atomic E-state index is 0.102. The summed E-state index contributed by atoms with van der Waals surface area (Å²) in [6, 6.07) is 3.62. The molecule has 0 atom stereocenters. The van der Waals surface area contributed by atoms with Gasteiger partial charge in [-0.1, -0.05) is 0 Å². The lowest BCUT2D eigenvalue weighted by molar-refractivity contribution is 0.0746. The van der Waals surface area contributed by atoms with E-state index in [-0.39, 0.29) is 5.91 Å². The van der Waals surface area contributed by atoms with Gasteiger partial charge in [0.1, 0.15) is 0 Å². The van der Waals surface area contributed by atoms with Gasteiger partial charge in [0, 0.05) is 43.8 Å². The molecule has 0 N–H and O–H groups in total. The van der Waals surface area contributed by atoms with Gasteiger partial charge >= 0.3 is 0 Å². The first-order valence-corrected chi connectivity index (χ1v) is 8.24. The second kappa shape index (κ2) is 6.74. The van der Waals surface area contributed by atoms with Gasteiger partial charge in [-0.2, -0.15) is 16.3 Å². The van der Waals surface area contributed by atoms with Crippen molar-refractivity contribution in [3.8, 4) is 5.88 Å². The van der Waals surface area contributed by atoms with E-state index in [1.54, 1.807) is 23.6 Å². The summed E-state index contributed by atoms with van der Waals surface area (Å²) in [6.07, 6.45) is 1.70. The SMILES string of the molecule is CCOc1ccnc(N2CCN(C(=O)c3ccsc3)CC2)n1. The Morgan fingerprint density at radius 3 is 2.82 bits per heavy atom. The number of thiophene rings is 1. The van der Waals surface area contributed by atoms with Crippen molar-refractivity contribution in [2.24, 2.45) is 0 Å². The molecule has 0 aliphatic carbocycles. The highest BCUT2D eigenvalue weighted by Gasteiger charge is 2.23. The van der Waals surface area contributed by atoms with Gasteiger partial charge in [0.2, 0.25) is 11.8 Å². The molecule has 0 bridgehead atoms. The van der Waals surface area contributed by atoms with Crippen LogP contribution < -0.4 is 9.64 Å². The zero-order valence-corrected chi connectivity index (χ0v) is 13.3. The van der Waals surface area contributed by atoms with E-state index >= 15 is 0 Å². The Labute approximate surface area is 133 Å². The Morgan fingerprint density at radius 2 is 2.14 bits per heavy atom. The molecule has 1 fully saturated rings. The van der Waals surface area contributed by atoms with Crippen molar-refractivity contribution < 1.29 is 9.53 Å². The number of rotatable bonds is 4. The van der Waals surface area contributed by atoms with Crippen LogP contribution in [0.5, 0.6) is 5.88 Å². The van der Waals surface area contributed by atoms with Crippen LogP contribution in [0.2, 0.25) is 0 Å². The van der Waals surface area contributed by atoms with Crippen molar-refractivity contribution in [1.29, 1.82) is 0 Å². The topological polar surface area (TPSA) is 58.6 Å². The van der Waals surface area contributed by atoms with Crippen LogP contribution in [0, 0.1) is 0 Å². The van der Waals surface area contributed by atoms with Gasteiger partial charge < -0.3 is 14.5 Å². The zero-order chi connectivity index (χ0) is 15.4. The Hall–Kier alpha value is -2.15. The van der Waals surface area contributed by atoms with E-state index in [0.717, 1.165) is 18.7 Å². The average molecular weight is 318 g/mol. The average Bonchev–Trinajstić information content (AvgIpc) is 3.09. The minimum absolute atomic E-state index is 0.102. The van der Waals surface area contributed by atoms with Crippen LogP contribution in [0.3, 0.4) is 0 Å². The number of hydrogen-bond acceptors (Lipinski definition) is 6. The van der Waals surface area contributed by atoms with Gasteiger partial charge in [0.25, 0.3) is 5.91 Å². The molecule has 1 aliphatic heterocycles. The molecule has 0 unspecified atom stereocenters. The first-order chi connectivity index (χ1) is 10.8. The first-order valence-electron chi connectivity index (χ1n) is 7.30. The molecule has 0 radical (unpaired) electrons. The highest BCUT2D eigenvalue weighted by molar-refractivity contribution is 7.08. The molecule has 0 aromatic carbocycles. The summed E-state index contributed by atoms with van der Waals surface area (Å²) in [5.41, 5.74) is 0.771. The van der Waals surface area contributed by atoms with Crippen molar-refractivity contribution in [3.63, 3.8) is 0 Å². The van der Waals surface area contributed by atoms with Crippen LogP contribution >= 0.6 is 11.3 Å². The van der Waals surface area contributed by atoms with Crippen LogP contribution in [0.25, 0.3) is 0 Å². The number of nitrogens with zero attached hydrogens (tertiary/aromatic N) is 4. The van der Waals surface area contributed by atoms with Gasteiger partial charge in [-0.3, -0.25) is 4.79 Å². The number of carbonyl (C=O) groups excluding carboxylic acids is 1. The van der Waals surface area contributed by atoms with E-state index in [9.17, 15) is 4.79 Å². The maximum atomic E-state index is 12.3. The third-order valence-electron chi connectivity index (χ3n) is 3.53. The molecule has 1 saturated heterocycles. The molecule has 22 heavy (non-hydrogen) atoms. The summed E-state index contributed by atoms with van der Waals surface area (Å²) < 4.78 is 5.40. The van der Waals surface area contributed by atoms with Crippen LogP contribution in [0.15, 0.2) is 29.1 Å². The molecule has 1 amide bonds. The zero-order valence-electron chi connectivity index (χ0n) is 12.4. The number of anilines is 1. The van der Waals surface area contributed by atoms with E-state index in [1.807, 2.05) is 28.7 Å². The Kier molecular flexibility index (Phi) is 4.53. The standard InChI is InChI=1S/C15H18N4O2S/c1-2-21-13-3-5-16-15(17-13)19-8-6-18(7-9-19)14(20)12-4-10-22-11-12/h3-5,10-11H,2,6-9H2,1H3. The molecule has 7 heteroatoms. The molecule has 2 aromatic heterocycles. The molecule has 1 aliphatic rings. The Balaban J connectivity index is 1.62. The quantitative estimate of drug-likeness (QED) is 0.862. The van der Waals surface area contributed by atoms with E-state index in [0.29, 0.717) is 31.5 Å². The lowest BCUT2D eigenvalue weighted by Gasteiger charge is -2.34. The molecular weight excluding hydrogens is 300 g/mol. The first kappa shape index (κ1) is 14.8. The summed E-state index contributed by atoms with van der Waals surface area (Å²) in [6.45, 7) is 5.32. The number of hydrogen-bond donors (Lipinski definition) is 0. The highest BCUT2D eigenvalue weighted by Crippen LogP contribution is 2.16. The Morgan fingerprint density at radius 1 is 1.32 bits per heavy atom. The number of carbonyl (C=O) groups is 1. The van der Waals surface area contributed by atoms with E-state index in [1.165, 1.54) is 0 Å². The van der Waals surface area contributed by atoms with Crippen molar-refractivity contribution in [3.05, 3.63) is 34.7 Å². The lowest BCUT2D eigenvalue weighted by atomic mass is 10.2. The van der Waals surface area contributed by atoms with Crippen LogP contribution in [0.1, 0.15) is 17.3 Å². The van der Waals surface area contributed by atoms with E-state index in [2.05, 4.69) is 14.9 Å². The smallest absolute Gasteiger partial charge is 0.254 e. The summed E-state index contributed by atoms with van der Waals surface area (Å²) in [5, 5.41) is 3.82. The van der Waals surface area contributed by atoms with Gasteiger partial charge in [0.05, 0.1) is 12.2 Å². The van der Waals surface area contributed by atoms with Crippen LogP contribution in [-0.4, -0.2) is 53.6 Å². The van der Waals surface area contributed by atoms with Crippen molar-refractivity contribution in [2.75, 3.05) is 37.7 Å². The summed E-state index contributed by atoms with van der Waals surface area (Å²) >= 11 is 1.54. The number of ether oxygens (including phenoxy) is 1. The highest BCUT2D eigenvalue weighted by atomic mass is 32.1. The maximum Gasteiger partial charge on any atom is 0.254 e. The third kappa shape index (κ3) is 3.19. The lowest BCUT2D eigenvalue weighted by Crippen LogP contribution is -2.49. The summed E-state index contributed by atoms with van der Waals surface area (Å²) in [5.74, 6) is 1.35. The minimum Gasteiger partial charge on any atom is -0.478 e. The second-order valence-corrected chi connectivity index (χ2v) is 5.70. The Bertz CT molecular complexity index is 624. The fourth-order valence-electron chi connectivity index (χ4n) is 2.39. The number of piperazine rings is 1. The number of aromatic nitrogens is 2. The molecule has 0 saturated carbocycles. The van der Waals surface area contributed by atoms with Crippen LogP contribution in [0.4, 0.5) is 5.95 Å². The maximum absolute atomic E-state index is 12.3. The normalized spacial score (nSPS) is 15.0. The van der Waals surface area contributed by atoms with Crippen molar-refractivity contribution in [2.45, 2.75) is 6.92 Å². The monoisotopic (exact) mass is 318 g/mol. The molecule has 3 rings (SSSR count). The molecule has 2 aromatic rings. The number of amides is 1. The molecule has 0 spiro atoms. The van der Waals surface area contributed by atoms with Gasteiger partial charge in [-0.25, -0.2) is 4.98 Å². The molecule has 3 heterocycles. The van der Waals surface area contributed by atoms with Gasteiger partial charge in [-0.05, 0) is 18.4 Å². The van der Waals surface area contributed by atoms with Gasteiger partial charge in [-0.15, -0.1) is 0 Å². The summed E-state index contributed by atoms with van der Waals surface area (Å²) in [4.78, 5) is 25.0. The van der Waals surface area contributed by atoms with Crippen molar-refractivity contribution in [1.82, 2.24) is 14.9 Å². The third-order valence-corrected chi connectivity index (χ3v) is 4.21. The molecule has 6 nitrogen and oxygen atoms in total. The summed E-state index contributed by atoms with van der Waals surface area (Å²) in [7, 11) is 0. The van der Waals surface area contributed by atoms with Crippen molar-refractivity contribution >= 4 is 23.2 Å². The predicted molar refractivity (Wildman–Crippen MR) is 85.6 cm³/mol. The van der Waals surface area contributed by atoms with E-state index in [4.69, 9.17) is 4.74 Å². The van der Waals surface area contributed by atoms with E-state index < -0.39 is 0 Å². The molecular formula is C15H18N4O2S. The second-order valence-electron chi connectivity index (χ2n) is 4.92. The fourth-order valence-corrected chi connectivity index (χ4v) is 3.02. The van der Waals surface area contributed by atoms with Crippen LogP contribution in [-0.2, 0) is 0 Å². The predicted octanol–water partition coefficient (Wildman–Crippen LogP) is 1.90. The molecule has 116 valence electrons. The largest absolute Gasteiger partial charge is 0.478 e. The fraction of sp³-hybridized carbons (Fsp3) is 0.400.